The lowest BCUT2D eigenvalue weighted by Crippen LogP contribution is -2.54. The first-order chi connectivity index (χ1) is 18.7. The molecule has 0 spiro atoms. The summed E-state index contributed by atoms with van der Waals surface area (Å²) < 4.78 is 37.4. The number of anilines is 2. The number of morpholine rings is 1. The van der Waals surface area contributed by atoms with Crippen LogP contribution in [0.25, 0.3) is 0 Å². The van der Waals surface area contributed by atoms with Crippen LogP contribution in [-0.2, 0) is 23.9 Å². The van der Waals surface area contributed by atoms with E-state index in [1.807, 2.05) is 0 Å². The van der Waals surface area contributed by atoms with Gasteiger partial charge in [0.05, 0.1) is 21.5 Å². The van der Waals surface area contributed by atoms with E-state index in [-0.39, 0.29) is 29.2 Å². The molecule has 1 aliphatic heterocycles. The molecular weight excluding hydrogens is 562 g/mol. The molecule has 15 heteroatoms. The summed E-state index contributed by atoms with van der Waals surface area (Å²) in [5.74, 6) is -1.96. The molecule has 11 nitrogen and oxygen atoms in total. The number of hydrogen-bond acceptors (Lipinski definition) is 8. The Hall–Kier alpha value is -3.33. The number of rotatable bonds is 10. The van der Waals surface area contributed by atoms with Crippen LogP contribution in [0.5, 0.6) is 0 Å². The Morgan fingerprint density at radius 3 is 2.51 bits per heavy atom. The maximum Gasteiger partial charge on any atom is 0.408 e. The molecule has 1 aliphatic carbocycles. The molecule has 1 atom stereocenters. The van der Waals surface area contributed by atoms with Crippen molar-refractivity contribution in [2.75, 3.05) is 36.3 Å². The van der Waals surface area contributed by atoms with E-state index >= 15 is 0 Å². The number of ether oxygens (including phenoxy) is 2. The third-order valence-corrected chi connectivity index (χ3v) is 7.18. The van der Waals surface area contributed by atoms with Gasteiger partial charge in [-0.15, -0.1) is 11.3 Å². The molecule has 39 heavy (non-hydrogen) atoms. The molecule has 0 unspecified atom stereocenters. The van der Waals surface area contributed by atoms with Gasteiger partial charge in [0.25, 0.3) is 17.7 Å². The van der Waals surface area contributed by atoms with Crippen LogP contribution in [-0.4, -0.2) is 68.9 Å². The van der Waals surface area contributed by atoms with Gasteiger partial charge >= 0.3 is 12.7 Å². The zero-order valence-electron chi connectivity index (χ0n) is 20.4. The predicted molar refractivity (Wildman–Crippen MR) is 137 cm³/mol. The maximum absolute atomic E-state index is 13.4. The highest BCUT2D eigenvalue weighted by Crippen LogP contribution is 2.25. The summed E-state index contributed by atoms with van der Waals surface area (Å²) in [5, 5.41) is 5.16. The highest BCUT2D eigenvalue weighted by molar-refractivity contribution is 7.18. The summed E-state index contributed by atoms with van der Waals surface area (Å²) in [6, 6.07) is 7.01. The summed E-state index contributed by atoms with van der Waals surface area (Å²) in [4.78, 5) is 56.7. The minimum atomic E-state index is -3.39. The van der Waals surface area contributed by atoms with Crippen molar-refractivity contribution >= 4 is 58.1 Å². The molecule has 0 radical (unpaired) electrons. The average molecular weight is 587 g/mol. The van der Waals surface area contributed by atoms with Crippen molar-refractivity contribution in [1.82, 2.24) is 10.6 Å². The second-order valence-electron chi connectivity index (χ2n) is 8.58. The molecule has 2 heterocycles. The molecule has 1 aromatic carbocycles. The first-order valence-electron chi connectivity index (χ1n) is 12.0. The number of alkyl halides is 2. The van der Waals surface area contributed by atoms with Gasteiger partial charge in [0, 0.05) is 18.8 Å². The third kappa shape index (κ3) is 7.62. The van der Waals surface area contributed by atoms with Crippen LogP contribution in [0.4, 0.5) is 25.0 Å². The highest BCUT2D eigenvalue weighted by Gasteiger charge is 2.33. The lowest BCUT2D eigenvalue weighted by Gasteiger charge is -2.29. The van der Waals surface area contributed by atoms with Gasteiger partial charge in [0.15, 0.2) is 0 Å². The molecular formula is C24H25ClF2N4O7S. The van der Waals surface area contributed by atoms with Crippen molar-refractivity contribution in [2.45, 2.75) is 38.0 Å². The number of carbonyl (C=O) groups is 4. The highest BCUT2D eigenvalue weighted by atomic mass is 35.5. The Balaban J connectivity index is 1.52. The Bertz CT molecular complexity index is 1200. The minimum absolute atomic E-state index is 0.0887. The zero-order valence-corrected chi connectivity index (χ0v) is 22.0. The van der Waals surface area contributed by atoms with E-state index in [0.29, 0.717) is 41.1 Å². The summed E-state index contributed by atoms with van der Waals surface area (Å²) in [7, 11) is 0. The number of hydroxylamine groups is 1. The van der Waals surface area contributed by atoms with Crippen LogP contribution in [0.15, 0.2) is 36.4 Å². The number of nitrogens with zero attached hydrogens (tertiary/aromatic N) is 2. The van der Waals surface area contributed by atoms with Gasteiger partial charge in [-0.05, 0) is 55.7 Å². The van der Waals surface area contributed by atoms with Crippen LogP contribution in [0.3, 0.4) is 0 Å². The van der Waals surface area contributed by atoms with Crippen molar-refractivity contribution < 1.29 is 42.3 Å². The third-order valence-electron chi connectivity index (χ3n) is 5.95. The van der Waals surface area contributed by atoms with Gasteiger partial charge in [-0.2, -0.15) is 18.7 Å². The molecule has 2 N–H and O–H groups in total. The fourth-order valence-corrected chi connectivity index (χ4v) is 4.71. The minimum Gasteiger partial charge on any atom is -0.446 e. The molecule has 0 bridgehead atoms. The van der Waals surface area contributed by atoms with Gasteiger partial charge in [-0.25, -0.2) is 4.79 Å². The summed E-state index contributed by atoms with van der Waals surface area (Å²) >= 11 is 6.87. The molecule has 1 saturated carbocycles. The largest absolute Gasteiger partial charge is 0.446 e. The maximum atomic E-state index is 13.4. The molecule has 4 amide bonds. The normalized spacial score (nSPS) is 16.4. The molecule has 1 saturated heterocycles. The first kappa shape index (κ1) is 28.7. The molecule has 4 rings (SSSR count). The SMILES string of the molecule is O=C(N[C@H](CNC(=O)c1ccc(Cl)s1)C(=O)N(OC(F)F)c1ccc(N2CCOCC2=O)cc1)OC1CCC1. The monoisotopic (exact) mass is 586 g/mol. The number of nitrogens with one attached hydrogen (secondary N) is 2. The zero-order chi connectivity index (χ0) is 27.9. The number of halogens is 3. The Kier molecular flexibility index (Phi) is 9.67. The summed E-state index contributed by atoms with van der Waals surface area (Å²) in [6.07, 6.45) is 0.972. The fraction of sp³-hybridized carbons (Fsp3) is 0.417. The quantitative estimate of drug-likeness (QED) is 0.409. The van der Waals surface area contributed by atoms with E-state index in [2.05, 4.69) is 15.5 Å². The molecule has 1 aromatic heterocycles. The van der Waals surface area contributed by atoms with Gasteiger partial charge in [-0.1, -0.05) is 11.6 Å². The Morgan fingerprint density at radius 1 is 1.18 bits per heavy atom. The Morgan fingerprint density at radius 2 is 1.92 bits per heavy atom. The lowest BCUT2D eigenvalue weighted by molar-refractivity contribution is -0.160. The van der Waals surface area contributed by atoms with Crippen molar-refractivity contribution in [1.29, 1.82) is 0 Å². The van der Waals surface area contributed by atoms with Crippen LogP contribution >= 0.6 is 22.9 Å². The first-order valence-corrected chi connectivity index (χ1v) is 13.2. The van der Waals surface area contributed by atoms with Crippen molar-refractivity contribution in [2.24, 2.45) is 0 Å². The fourth-order valence-electron chi connectivity index (χ4n) is 3.75. The van der Waals surface area contributed by atoms with Gasteiger partial charge < -0.3 is 25.0 Å². The van der Waals surface area contributed by atoms with Gasteiger partial charge in [0.1, 0.15) is 18.8 Å². The van der Waals surface area contributed by atoms with E-state index < -0.39 is 37.1 Å². The topological polar surface area (TPSA) is 127 Å². The number of hydrogen-bond donors (Lipinski definition) is 2. The summed E-state index contributed by atoms with van der Waals surface area (Å²) in [5.41, 5.74) is 0.373. The predicted octanol–water partition coefficient (Wildman–Crippen LogP) is 3.33. The smallest absolute Gasteiger partial charge is 0.408 e. The van der Waals surface area contributed by atoms with Crippen LogP contribution in [0.1, 0.15) is 28.9 Å². The van der Waals surface area contributed by atoms with E-state index in [4.69, 9.17) is 21.1 Å². The standard InChI is InChI=1S/C24H25ClF2N4O7S/c25-19-9-8-18(39-19)21(33)28-12-17(29-24(35)37-16-2-1-3-16)22(34)31(38-23(26)27)15-6-4-14(5-7-15)30-10-11-36-13-20(30)32/h4-9,16-17,23H,1-3,10-13H2,(H,28,33)(H,29,35)/t17-/m1/s1. The Labute approximate surface area is 230 Å². The van der Waals surface area contributed by atoms with E-state index in [1.165, 1.54) is 41.3 Å². The number of alkyl carbamates (subject to hydrolysis) is 1. The number of amides is 4. The van der Waals surface area contributed by atoms with Gasteiger partial charge in [-0.3, -0.25) is 14.4 Å². The summed E-state index contributed by atoms with van der Waals surface area (Å²) in [6.45, 7) is -3.30. The second-order valence-corrected chi connectivity index (χ2v) is 10.3. The number of carbonyl (C=O) groups excluding carboxylic acids is 4. The number of thiophene rings is 1. The molecule has 210 valence electrons. The van der Waals surface area contributed by atoms with Crippen molar-refractivity contribution in [3.05, 3.63) is 45.6 Å². The van der Waals surface area contributed by atoms with Crippen LogP contribution in [0, 0.1) is 0 Å². The van der Waals surface area contributed by atoms with Gasteiger partial charge in [0.2, 0.25) is 0 Å². The average Bonchev–Trinajstić information content (AvgIpc) is 3.33. The molecule has 2 aliphatic rings. The molecule has 2 fully saturated rings. The van der Waals surface area contributed by atoms with E-state index in [1.54, 1.807) is 0 Å². The number of benzene rings is 1. The van der Waals surface area contributed by atoms with Crippen molar-refractivity contribution in [3.8, 4) is 0 Å². The van der Waals surface area contributed by atoms with E-state index in [9.17, 15) is 28.0 Å². The second kappa shape index (κ2) is 13.2. The van der Waals surface area contributed by atoms with Crippen LogP contribution < -0.4 is 20.6 Å². The molecule has 2 aromatic rings. The van der Waals surface area contributed by atoms with Crippen molar-refractivity contribution in [3.63, 3.8) is 0 Å². The lowest BCUT2D eigenvalue weighted by atomic mass is 9.96. The van der Waals surface area contributed by atoms with E-state index in [0.717, 1.165) is 17.8 Å². The van der Waals surface area contributed by atoms with Crippen LogP contribution in [0.2, 0.25) is 4.34 Å².